The maximum Gasteiger partial charge on any atom is 0.223 e. The Kier molecular flexibility index (Phi) is 5.44. The molecule has 1 amide bonds. The van der Waals surface area contributed by atoms with Gasteiger partial charge in [0.05, 0.1) is 20.1 Å². The van der Waals surface area contributed by atoms with E-state index in [2.05, 4.69) is 5.32 Å². The summed E-state index contributed by atoms with van der Waals surface area (Å²) in [6.07, 6.45) is 3.33. The van der Waals surface area contributed by atoms with Crippen LogP contribution in [0.3, 0.4) is 0 Å². The standard InChI is InChI=1S/C16H24N2O3/c1-11(17)9-12-3-6-14(20-2)15(10-12)21-8-7-16(19)18-13-4-5-13/h3,6,10-11,13H,4-5,7-9,17H2,1-2H3,(H,18,19). The Hall–Kier alpha value is -1.75. The molecule has 0 radical (unpaired) electrons. The van der Waals surface area contributed by atoms with Gasteiger partial charge in [0.2, 0.25) is 5.91 Å². The highest BCUT2D eigenvalue weighted by molar-refractivity contribution is 5.76. The van der Waals surface area contributed by atoms with Crippen molar-refractivity contribution < 1.29 is 14.3 Å². The van der Waals surface area contributed by atoms with E-state index >= 15 is 0 Å². The number of benzene rings is 1. The molecule has 1 saturated carbocycles. The lowest BCUT2D eigenvalue weighted by molar-refractivity contribution is -0.121. The lowest BCUT2D eigenvalue weighted by Gasteiger charge is -2.13. The minimum Gasteiger partial charge on any atom is -0.493 e. The van der Waals surface area contributed by atoms with Crippen molar-refractivity contribution in [3.8, 4) is 11.5 Å². The highest BCUT2D eigenvalue weighted by atomic mass is 16.5. The van der Waals surface area contributed by atoms with E-state index in [1.165, 1.54) is 0 Å². The van der Waals surface area contributed by atoms with E-state index in [1.54, 1.807) is 7.11 Å². The Morgan fingerprint density at radius 1 is 1.43 bits per heavy atom. The van der Waals surface area contributed by atoms with E-state index in [-0.39, 0.29) is 11.9 Å². The third-order valence-electron chi connectivity index (χ3n) is 3.31. The van der Waals surface area contributed by atoms with Crippen LogP contribution in [0.4, 0.5) is 0 Å². The molecule has 1 aliphatic carbocycles. The molecular weight excluding hydrogens is 268 g/mol. The SMILES string of the molecule is COc1ccc(CC(C)N)cc1OCCC(=O)NC1CC1. The van der Waals surface area contributed by atoms with Crippen LogP contribution < -0.4 is 20.5 Å². The fourth-order valence-corrected chi connectivity index (χ4v) is 2.11. The molecule has 1 aliphatic rings. The summed E-state index contributed by atoms with van der Waals surface area (Å²) in [6, 6.07) is 6.27. The van der Waals surface area contributed by atoms with Crippen LogP contribution in [0.5, 0.6) is 11.5 Å². The first kappa shape index (κ1) is 15.6. The molecule has 0 aromatic heterocycles. The zero-order valence-corrected chi connectivity index (χ0v) is 12.7. The van der Waals surface area contributed by atoms with Crippen LogP contribution in [0, 0.1) is 0 Å². The number of carbonyl (C=O) groups excluding carboxylic acids is 1. The molecule has 0 bridgehead atoms. The summed E-state index contributed by atoms with van der Waals surface area (Å²) in [5.74, 6) is 1.38. The highest BCUT2D eigenvalue weighted by Gasteiger charge is 2.22. The van der Waals surface area contributed by atoms with E-state index in [4.69, 9.17) is 15.2 Å². The molecule has 1 aromatic carbocycles. The van der Waals surface area contributed by atoms with Crippen molar-refractivity contribution >= 4 is 5.91 Å². The van der Waals surface area contributed by atoms with Gasteiger partial charge < -0.3 is 20.5 Å². The number of amides is 1. The number of nitrogens with two attached hydrogens (primary N) is 1. The maximum atomic E-state index is 11.6. The van der Waals surface area contributed by atoms with Crippen LogP contribution in [-0.2, 0) is 11.2 Å². The minimum atomic E-state index is 0.0446. The number of rotatable bonds is 8. The molecule has 1 unspecified atom stereocenters. The summed E-state index contributed by atoms with van der Waals surface area (Å²) >= 11 is 0. The summed E-state index contributed by atoms with van der Waals surface area (Å²) in [5.41, 5.74) is 6.91. The smallest absolute Gasteiger partial charge is 0.223 e. The van der Waals surface area contributed by atoms with Gasteiger partial charge in [0.1, 0.15) is 0 Å². The van der Waals surface area contributed by atoms with Crippen molar-refractivity contribution in [2.75, 3.05) is 13.7 Å². The predicted octanol–water partition coefficient (Wildman–Crippen LogP) is 1.63. The van der Waals surface area contributed by atoms with Crippen molar-refractivity contribution in [2.45, 2.75) is 44.7 Å². The van der Waals surface area contributed by atoms with Gasteiger partial charge in [-0.2, -0.15) is 0 Å². The first-order valence-corrected chi connectivity index (χ1v) is 7.43. The normalized spacial score (nSPS) is 15.4. The van der Waals surface area contributed by atoms with Gasteiger partial charge >= 0.3 is 0 Å². The minimum absolute atomic E-state index is 0.0446. The fraction of sp³-hybridized carbons (Fsp3) is 0.562. The van der Waals surface area contributed by atoms with E-state index in [0.29, 0.717) is 30.6 Å². The molecule has 0 saturated heterocycles. The van der Waals surface area contributed by atoms with Crippen LogP contribution in [0.1, 0.15) is 31.7 Å². The molecule has 5 nitrogen and oxygen atoms in total. The molecule has 0 aliphatic heterocycles. The Morgan fingerprint density at radius 2 is 2.19 bits per heavy atom. The molecule has 116 valence electrons. The molecule has 0 heterocycles. The third kappa shape index (κ3) is 5.27. The molecule has 2 rings (SSSR count). The Bertz CT molecular complexity index is 484. The lowest BCUT2D eigenvalue weighted by atomic mass is 10.1. The predicted molar refractivity (Wildman–Crippen MR) is 81.6 cm³/mol. The second-order valence-electron chi connectivity index (χ2n) is 5.61. The summed E-state index contributed by atoms with van der Waals surface area (Å²) in [6.45, 7) is 2.31. The number of ether oxygens (including phenoxy) is 2. The number of hydrogen-bond donors (Lipinski definition) is 2. The maximum absolute atomic E-state index is 11.6. The van der Waals surface area contributed by atoms with Crippen molar-refractivity contribution in [3.63, 3.8) is 0 Å². The molecule has 1 aromatic rings. The van der Waals surface area contributed by atoms with Crippen molar-refractivity contribution in [1.82, 2.24) is 5.32 Å². The van der Waals surface area contributed by atoms with Crippen molar-refractivity contribution in [1.29, 1.82) is 0 Å². The van der Waals surface area contributed by atoms with Gasteiger partial charge in [0.15, 0.2) is 11.5 Å². The molecule has 3 N–H and O–H groups in total. The number of hydrogen-bond acceptors (Lipinski definition) is 4. The molecular formula is C16H24N2O3. The topological polar surface area (TPSA) is 73.6 Å². The summed E-state index contributed by atoms with van der Waals surface area (Å²) < 4.78 is 11.0. The molecule has 5 heteroatoms. The van der Waals surface area contributed by atoms with Gasteiger partial charge in [-0.3, -0.25) is 4.79 Å². The third-order valence-corrected chi connectivity index (χ3v) is 3.31. The Morgan fingerprint density at radius 3 is 2.81 bits per heavy atom. The Labute approximate surface area is 125 Å². The summed E-state index contributed by atoms with van der Waals surface area (Å²) in [7, 11) is 1.60. The molecule has 0 spiro atoms. The monoisotopic (exact) mass is 292 g/mol. The average Bonchev–Trinajstić information content (AvgIpc) is 3.22. The van der Waals surface area contributed by atoms with E-state index in [9.17, 15) is 4.79 Å². The van der Waals surface area contributed by atoms with Crippen LogP contribution in [-0.4, -0.2) is 31.7 Å². The molecule has 21 heavy (non-hydrogen) atoms. The van der Waals surface area contributed by atoms with Gasteiger partial charge in [-0.05, 0) is 43.9 Å². The average molecular weight is 292 g/mol. The highest BCUT2D eigenvalue weighted by Crippen LogP contribution is 2.28. The van der Waals surface area contributed by atoms with Crippen molar-refractivity contribution in [3.05, 3.63) is 23.8 Å². The van der Waals surface area contributed by atoms with E-state index in [1.807, 2.05) is 25.1 Å². The second kappa shape index (κ2) is 7.31. The van der Waals surface area contributed by atoms with Crippen LogP contribution in [0.2, 0.25) is 0 Å². The first-order valence-electron chi connectivity index (χ1n) is 7.43. The van der Waals surface area contributed by atoms with Gasteiger partial charge in [0, 0.05) is 12.1 Å². The number of methoxy groups -OCH3 is 1. The number of carbonyl (C=O) groups is 1. The van der Waals surface area contributed by atoms with Crippen LogP contribution in [0.15, 0.2) is 18.2 Å². The van der Waals surface area contributed by atoms with Gasteiger partial charge in [-0.15, -0.1) is 0 Å². The molecule has 1 fully saturated rings. The van der Waals surface area contributed by atoms with Gasteiger partial charge in [-0.25, -0.2) is 0 Å². The van der Waals surface area contributed by atoms with E-state index in [0.717, 1.165) is 24.8 Å². The van der Waals surface area contributed by atoms with Crippen molar-refractivity contribution in [2.24, 2.45) is 5.73 Å². The second-order valence-corrected chi connectivity index (χ2v) is 5.61. The van der Waals surface area contributed by atoms with Crippen LogP contribution in [0.25, 0.3) is 0 Å². The summed E-state index contributed by atoms with van der Waals surface area (Å²) in [5, 5.41) is 2.94. The lowest BCUT2D eigenvalue weighted by Crippen LogP contribution is -2.26. The number of nitrogens with one attached hydrogen (secondary N) is 1. The van der Waals surface area contributed by atoms with E-state index < -0.39 is 0 Å². The zero-order valence-electron chi connectivity index (χ0n) is 12.7. The van der Waals surface area contributed by atoms with Gasteiger partial charge in [-0.1, -0.05) is 6.07 Å². The fourth-order valence-electron chi connectivity index (χ4n) is 2.11. The first-order chi connectivity index (χ1) is 10.1. The van der Waals surface area contributed by atoms with Gasteiger partial charge in [0.25, 0.3) is 0 Å². The largest absolute Gasteiger partial charge is 0.493 e. The van der Waals surface area contributed by atoms with Crippen LogP contribution >= 0.6 is 0 Å². The summed E-state index contributed by atoms with van der Waals surface area (Å²) in [4.78, 5) is 11.6. The zero-order chi connectivity index (χ0) is 15.2. The quantitative estimate of drug-likeness (QED) is 0.764. The molecule has 1 atom stereocenters. The Balaban J connectivity index is 1.88.